The van der Waals surface area contributed by atoms with Gasteiger partial charge in [0.2, 0.25) is 0 Å². The molecule has 1 aliphatic carbocycles. The van der Waals surface area contributed by atoms with Crippen LogP contribution in [0.4, 0.5) is 19.4 Å². The Morgan fingerprint density at radius 3 is 2.00 bits per heavy atom. The van der Waals surface area contributed by atoms with E-state index in [2.05, 4.69) is 6.92 Å². The van der Waals surface area contributed by atoms with Crippen molar-refractivity contribution < 1.29 is 29.0 Å². The van der Waals surface area contributed by atoms with Crippen molar-refractivity contribution in [3.8, 4) is 5.75 Å². The molecule has 1 aromatic carbocycles. The molecule has 0 amide bonds. The van der Waals surface area contributed by atoms with E-state index in [1.165, 1.54) is 0 Å². The van der Waals surface area contributed by atoms with Crippen molar-refractivity contribution in [3.05, 3.63) is 24.3 Å². The Labute approximate surface area is 131 Å². The van der Waals surface area contributed by atoms with E-state index in [-0.39, 0.29) is 23.8 Å². The maximum Gasteiger partial charge on any atom is 0.314 e. The molecule has 132 valence electrons. The van der Waals surface area contributed by atoms with Gasteiger partial charge < -0.3 is 4.74 Å². The topological polar surface area (TPSA) is 26.3 Å². The molecule has 1 saturated carbocycles. The Kier molecular flexibility index (Phi) is 4.20. The Balaban J connectivity index is 2.01. The zero-order chi connectivity index (χ0) is 17.4. The Morgan fingerprint density at radius 2 is 1.57 bits per heavy atom. The molecular weight excluding hydrogens is 339 g/mol. The first-order valence-electron chi connectivity index (χ1n) is 7.45. The summed E-state index contributed by atoms with van der Waals surface area (Å²) in [5.74, 6) is -0.359. The normalized spacial score (nSPS) is 25.3. The summed E-state index contributed by atoms with van der Waals surface area (Å²) in [6.07, 6.45) is 4.25. The standard InChI is InChI=1S/C15H19F5O2S/c1-2-11-3-5-12(6-4-11)15(21)22-13-7-9-14(10-8-13)23(16,17,18,19)20/h7-12H,2-6H2,1H3. The molecule has 1 aromatic rings. The molecule has 8 heteroatoms. The Bertz CT molecular complexity index is 574. The molecule has 23 heavy (non-hydrogen) atoms. The number of esters is 1. The lowest BCUT2D eigenvalue weighted by Gasteiger charge is -2.40. The van der Waals surface area contributed by atoms with Crippen LogP contribution >= 0.6 is 10.2 Å². The van der Waals surface area contributed by atoms with Crippen molar-refractivity contribution in [3.63, 3.8) is 0 Å². The van der Waals surface area contributed by atoms with Crippen LogP contribution in [0.1, 0.15) is 39.0 Å². The SMILES string of the molecule is CCC1CCC(C(=O)Oc2ccc(S(F)(F)(F)(F)F)cc2)CC1. The second-order valence-electron chi connectivity index (χ2n) is 5.99. The van der Waals surface area contributed by atoms with E-state index in [4.69, 9.17) is 4.74 Å². The second kappa shape index (κ2) is 5.36. The van der Waals surface area contributed by atoms with Gasteiger partial charge in [0.15, 0.2) is 0 Å². The number of hydrogen-bond acceptors (Lipinski definition) is 2. The molecule has 0 heterocycles. The van der Waals surface area contributed by atoms with Gasteiger partial charge in [-0.3, -0.25) is 4.79 Å². The number of rotatable bonds is 4. The van der Waals surface area contributed by atoms with Crippen LogP contribution in [0.15, 0.2) is 29.2 Å². The highest BCUT2D eigenvalue weighted by Gasteiger charge is 2.65. The van der Waals surface area contributed by atoms with Crippen LogP contribution in [0.3, 0.4) is 0 Å². The number of ether oxygens (including phenoxy) is 1. The molecule has 0 N–H and O–H groups in total. The third-order valence-corrected chi connectivity index (χ3v) is 5.41. The van der Waals surface area contributed by atoms with Crippen molar-refractivity contribution in [2.24, 2.45) is 11.8 Å². The van der Waals surface area contributed by atoms with Crippen LogP contribution in [0, 0.1) is 11.8 Å². The average molecular weight is 358 g/mol. The average Bonchev–Trinajstić information content (AvgIpc) is 2.45. The van der Waals surface area contributed by atoms with Crippen molar-refractivity contribution in [2.45, 2.75) is 43.9 Å². The van der Waals surface area contributed by atoms with Gasteiger partial charge in [-0.05, 0) is 55.9 Å². The van der Waals surface area contributed by atoms with Crippen molar-refractivity contribution in [2.75, 3.05) is 0 Å². The highest BCUT2D eigenvalue weighted by atomic mass is 32.5. The molecule has 0 spiro atoms. The summed E-state index contributed by atoms with van der Waals surface area (Å²) >= 11 is 0. The molecule has 0 radical (unpaired) electrons. The minimum atomic E-state index is -9.69. The van der Waals surface area contributed by atoms with Crippen LogP contribution in [0.25, 0.3) is 0 Å². The minimum absolute atomic E-state index is 0.154. The monoisotopic (exact) mass is 358 g/mol. The zero-order valence-corrected chi connectivity index (χ0v) is 13.4. The fourth-order valence-electron chi connectivity index (χ4n) is 2.77. The van der Waals surface area contributed by atoms with E-state index >= 15 is 0 Å². The van der Waals surface area contributed by atoms with Crippen molar-refractivity contribution in [1.82, 2.24) is 0 Å². The van der Waals surface area contributed by atoms with Gasteiger partial charge in [-0.1, -0.05) is 32.8 Å². The predicted octanol–water partition coefficient (Wildman–Crippen LogP) is 6.47. The van der Waals surface area contributed by atoms with Gasteiger partial charge in [-0.2, -0.15) is 0 Å². The highest BCUT2D eigenvalue weighted by molar-refractivity contribution is 8.45. The molecule has 0 aliphatic heterocycles. The molecule has 0 atom stereocenters. The highest BCUT2D eigenvalue weighted by Crippen LogP contribution is 3.02. The fraction of sp³-hybridized carbons (Fsp3) is 0.533. The fourth-order valence-corrected chi connectivity index (χ4v) is 3.42. The molecule has 2 rings (SSSR count). The molecular formula is C15H19F5O2S. The lowest BCUT2D eigenvalue weighted by Crippen LogP contribution is -2.25. The summed E-state index contributed by atoms with van der Waals surface area (Å²) in [7, 11) is -9.69. The number of hydrogen-bond donors (Lipinski definition) is 0. The van der Waals surface area contributed by atoms with Gasteiger partial charge in [0.05, 0.1) is 5.92 Å². The maximum atomic E-state index is 12.6. The summed E-state index contributed by atoms with van der Waals surface area (Å²) in [6, 6.07) is 2.00. The largest absolute Gasteiger partial charge is 0.426 e. The van der Waals surface area contributed by atoms with Crippen LogP contribution in [-0.2, 0) is 4.79 Å². The molecule has 1 aliphatic rings. The Hall–Kier alpha value is -1.31. The zero-order valence-electron chi connectivity index (χ0n) is 12.6. The van der Waals surface area contributed by atoms with Gasteiger partial charge in [0, 0.05) is 0 Å². The number of benzene rings is 1. The summed E-state index contributed by atoms with van der Waals surface area (Å²) in [4.78, 5) is 9.99. The quantitative estimate of drug-likeness (QED) is 0.350. The smallest absolute Gasteiger partial charge is 0.314 e. The number of carbonyl (C=O) groups is 1. The van der Waals surface area contributed by atoms with Gasteiger partial charge in [0.25, 0.3) is 0 Å². The van der Waals surface area contributed by atoms with E-state index in [9.17, 15) is 24.2 Å². The minimum Gasteiger partial charge on any atom is -0.426 e. The lowest BCUT2D eigenvalue weighted by molar-refractivity contribution is -0.140. The predicted molar refractivity (Wildman–Crippen MR) is 79.2 cm³/mol. The van der Waals surface area contributed by atoms with Crippen LogP contribution in [0.5, 0.6) is 5.75 Å². The number of halogens is 5. The first-order chi connectivity index (χ1) is 10.4. The van der Waals surface area contributed by atoms with E-state index in [0.29, 0.717) is 18.8 Å². The first kappa shape index (κ1) is 18.0. The Morgan fingerprint density at radius 1 is 1.04 bits per heavy atom. The van der Waals surface area contributed by atoms with Gasteiger partial charge in [-0.25, -0.2) is 0 Å². The van der Waals surface area contributed by atoms with Gasteiger partial charge >= 0.3 is 16.2 Å². The molecule has 0 saturated heterocycles. The number of carbonyl (C=O) groups excluding carboxylic acids is 1. The van der Waals surface area contributed by atoms with Gasteiger partial charge in [0.1, 0.15) is 10.6 Å². The molecule has 1 fully saturated rings. The van der Waals surface area contributed by atoms with E-state index in [1.807, 2.05) is 0 Å². The third kappa shape index (κ3) is 4.83. The molecule has 0 bridgehead atoms. The molecule has 0 unspecified atom stereocenters. The van der Waals surface area contributed by atoms with E-state index in [0.717, 1.165) is 31.4 Å². The maximum absolute atomic E-state index is 12.6. The van der Waals surface area contributed by atoms with Crippen LogP contribution < -0.4 is 4.74 Å². The second-order valence-corrected chi connectivity index (χ2v) is 8.40. The molecule has 0 aromatic heterocycles. The molecule has 2 nitrogen and oxygen atoms in total. The first-order valence-corrected chi connectivity index (χ1v) is 9.40. The van der Waals surface area contributed by atoms with E-state index in [1.54, 1.807) is 0 Å². The summed E-state index contributed by atoms with van der Waals surface area (Å²) in [5.41, 5.74) is 0. The summed E-state index contributed by atoms with van der Waals surface area (Å²) in [5, 5.41) is 0. The third-order valence-electron chi connectivity index (χ3n) is 4.25. The summed E-state index contributed by atoms with van der Waals surface area (Å²) in [6.45, 7) is 2.09. The van der Waals surface area contributed by atoms with Crippen molar-refractivity contribution >= 4 is 16.2 Å². The van der Waals surface area contributed by atoms with Crippen LogP contribution in [0.2, 0.25) is 0 Å². The summed E-state index contributed by atoms with van der Waals surface area (Å²) < 4.78 is 68.0. The van der Waals surface area contributed by atoms with Crippen LogP contribution in [-0.4, -0.2) is 5.97 Å². The van der Waals surface area contributed by atoms with Crippen molar-refractivity contribution in [1.29, 1.82) is 0 Å². The van der Waals surface area contributed by atoms with Gasteiger partial charge in [-0.15, -0.1) is 0 Å². The van der Waals surface area contributed by atoms with E-state index < -0.39 is 21.1 Å². The lowest BCUT2D eigenvalue weighted by atomic mass is 9.81.